The number of hydrogen-bond donors (Lipinski definition) is 0. The summed E-state index contributed by atoms with van der Waals surface area (Å²) in [5.41, 5.74) is 24.1. The first-order chi connectivity index (χ1) is 39.7. The van der Waals surface area contributed by atoms with Crippen LogP contribution in [-0.4, -0.2) is 17.3 Å². The molecule has 83 heavy (non-hydrogen) atoms. The van der Waals surface area contributed by atoms with Crippen LogP contribution in [-0.2, 0) is 93.8 Å². The number of ketones is 3. The molecule has 0 N–H and O–H groups in total. The van der Waals surface area contributed by atoms with Crippen LogP contribution in [0.25, 0.3) is 16.7 Å². The summed E-state index contributed by atoms with van der Waals surface area (Å²) >= 11 is 0. The summed E-state index contributed by atoms with van der Waals surface area (Å²) < 4.78 is 0. The van der Waals surface area contributed by atoms with E-state index in [-0.39, 0.29) is 75.9 Å². The molecule has 0 spiro atoms. The van der Waals surface area contributed by atoms with Crippen molar-refractivity contribution in [2.45, 2.75) is 96.3 Å². The van der Waals surface area contributed by atoms with E-state index in [4.69, 9.17) is 0 Å². The minimum atomic E-state index is 0. The Bertz CT molecular complexity index is 3310. The zero-order valence-electron chi connectivity index (χ0n) is 47.7. The minimum Gasteiger partial charge on any atom is -0.300 e. The minimum absolute atomic E-state index is 0. The van der Waals surface area contributed by atoms with Gasteiger partial charge in [0.05, 0.1) is 0 Å². The first-order valence-electron chi connectivity index (χ1n) is 28.8. The molecule has 3 aliphatic carbocycles. The van der Waals surface area contributed by atoms with Gasteiger partial charge in [0.1, 0.15) is 17.3 Å². The van der Waals surface area contributed by atoms with Crippen LogP contribution in [0.4, 0.5) is 0 Å². The molecule has 9 aromatic carbocycles. The monoisotopic (exact) mass is 1270 g/mol. The van der Waals surface area contributed by atoms with Crippen LogP contribution in [0.2, 0.25) is 0 Å². The summed E-state index contributed by atoms with van der Waals surface area (Å²) in [6, 6.07) is 89.6. The summed E-state index contributed by atoms with van der Waals surface area (Å²) in [5.74, 6) is 1.33. The van der Waals surface area contributed by atoms with Crippen molar-refractivity contribution in [1.82, 2.24) is 0 Å². The molecule has 0 aliphatic heterocycles. The van der Waals surface area contributed by atoms with Crippen molar-refractivity contribution in [3.63, 3.8) is 0 Å². The average Bonchev–Trinajstić information content (AvgIpc) is 4.29. The number of hydrogen-bond acceptors (Lipinski definition) is 3. The standard InChI is InChI=1S/3C26H24O.2Pd/c3*1-19(27)16-24-22-14-8-9-15-23(22)25(17-20-10-4-2-5-11-20)26(24)18-21-12-6-3-7-13-21;;/h3*2-15,24H,16-18H2,1H3;;. The first kappa shape index (κ1) is 61.6. The van der Waals surface area contributed by atoms with Gasteiger partial charge in [-0.3, -0.25) is 14.4 Å². The molecule has 9 aromatic rings. The smallest absolute Gasteiger partial charge is 0.130 e. The van der Waals surface area contributed by atoms with E-state index in [1.807, 2.05) is 0 Å². The molecule has 3 nitrogen and oxygen atoms in total. The van der Waals surface area contributed by atoms with Gasteiger partial charge < -0.3 is 0 Å². The Balaban J connectivity index is 0.000000161. The van der Waals surface area contributed by atoms with Crippen LogP contribution in [0.3, 0.4) is 0 Å². The number of allylic oxidation sites excluding steroid dienone is 6. The number of benzene rings is 9. The second kappa shape index (κ2) is 30.2. The Morgan fingerprint density at radius 3 is 0.639 bits per heavy atom. The Morgan fingerprint density at radius 2 is 0.434 bits per heavy atom. The van der Waals surface area contributed by atoms with Crippen molar-refractivity contribution in [3.8, 4) is 0 Å². The maximum atomic E-state index is 12.0. The summed E-state index contributed by atoms with van der Waals surface area (Å²) in [6.45, 7) is 5.12. The molecular formula is C78H72O3Pd2. The third-order valence-electron chi connectivity index (χ3n) is 16.3. The van der Waals surface area contributed by atoms with Crippen molar-refractivity contribution >= 4 is 34.1 Å². The van der Waals surface area contributed by atoms with Gasteiger partial charge >= 0.3 is 0 Å². The van der Waals surface area contributed by atoms with E-state index in [1.54, 1.807) is 20.8 Å². The number of rotatable bonds is 18. The normalized spacial score (nSPS) is 15.3. The van der Waals surface area contributed by atoms with Crippen LogP contribution in [0, 0.1) is 0 Å². The van der Waals surface area contributed by atoms with E-state index in [0.29, 0.717) is 19.3 Å². The van der Waals surface area contributed by atoms with Gasteiger partial charge in [-0.15, -0.1) is 0 Å². The molecule has 0 aromatic heterocycles. The van der Waals surface area contributed by atoms with Gasteiger partial charge in [0.15, 0.2) is 0 Å². The summed E-state index contributed by atoms with van der Waals surface area (Å²) in [7, 11) is 0. The van der Waals surface area contributed by atoms with Crippen molar-refractivity contribution in [1.29, 1.82) is 0 Å². The van der Waals surface area contributed by atoms with Crippen LogP contribution in [0.5, 0.6) is 0 Å². The average molecular weight is 1270 g/mol. The maximum Gasteiger partial charge on any atom is 0.130 e. The zero-order chi connectivity index (χ0) is 55.9. The number of carbonyl (C=O) groups is 3. The molecule has 0 saturated heterocycles. The van der Waals surface area contributed by atoms with E-state index >= 15 is 0 Å². The predicted octanol–water partition coefficient (Wildman–Crippen LogP) is 18.0. The second-order valence-electron chi connectivity index (χ2n) is 22.1. The van der Waals surface area contributed by atoms with Crippen LogP contribution >= 0.6 is 0 Å². The SMILES string of the molecule is CC(=O)CC1C(Cc2ccccc2)=C(Cc2ccccc2)c2ccccc21.CC(=O)CC1C(Cc2ccccc2)=C(Cc2ccccc2)c2ccccc21.CC(=O)CC1C(Cc2ccccc2)=C(Cc2ccccc2)c2ccccc21.[Pd].[Pd]. The van der Waals surface area contributed by atoms with E-state index in [2.05, 4.69) is 255 Å². The fourth-order valence-corrected chi connectivity index (χ4v) is 12.7. The number of fused-ring (bicyclic) bond motifs is 3. The number of Topliss-reactive ketones (excluding diaryl/α,β-unsaturated/α-hetero) is 3. The summed E-state index contributed by atoms with van der Waals surface area (Å²) in [6.07, 6.45) is 7.17. The maximum absolute atomic E-state index is 12.0. The van der Waals surface area contributed by atoms with Gasteiger partial charge in [-0.2, -0.15) is 0 Å². The van der Waals surface area contributed by atoms with Gasteiger partial charge in [-0.25, -0.2) is 0 Å². The third-order valence-corrected chi connectivity index (χ3v) is 16.3. The molecule has 0 bridgehead atoms. The largest absolute Gasteiger partial charge is 0.300 e. The molecule has 12 rings (SSSR count). The second-order valence-corrected chi connectivity index (χ2v) is 22.1. The quantitative estimate of drug-likeness (QED) is 0.0805. The molecule has 0 radical (unpaired) electrons. The van der Waals surface area contributed by atoms with Gasteiger partial charge in [-0.1, -0.05) is 272 Å². The molecule has 0 fully saturated rings. The van der Waals surface area contributed by atoms with Crippen LogP contribution in [0.1, 0.15) is 125 Å². The molecular weight excluding hydrogens is 1200 g/mol. The van der Waals surface area contributed by atoms with Gasteiger partial charge in [0.25, 0.3) is 0 Å². The Hall–Kier alpha value is -7.47. The molecule has 3 aliphatic rings. The number of carbonyl (C=O) groups excluding carboxylic acids is 3. The topological polar surface area (TPSA) is 51.2 Å². The van der Waals surface area contributed by atoms with Crippen molar-refractivity contribution in [2.75, 3.05) is 0 Å². The van der Waals surface area contributed by atoms with E-state index < -0.39 is 0 Å². The zero-order valence-corrected chi connectivity index (χ0v) is 50.8. The molecule has 3 atom stereocenters. The predicted molar refractivity (Wildman–Crippen MR) is 335 cm³/mol. The summed E-state index contributed by atoms with van der Waals surface area (Å²) in [4.78, 5) is 36.1. The fourth-order valence-electron chi connectivity index (χ4n) is 12.7. The summed E-state index contributed by atoms with van der Waals surface area (Å²) in [5, 5.41) is 0. The first-order valence-corrected chi connectivity index (χ1v) is 28.8. The van der Waals surface area contributed by atoms with Gasteiger partial charge in [0, 0.05) is 77.9 Å². The van der Waals surface area contributed by atoms with Crippen LogP contribution < -0.4 is 0 Å². The molecule has 0 saturated carbocycles. The molecule has 422 valence electrons. The van der Waals surface area contributed by atoms with Crippen LogP contribution in [0.15, 0.2) is 272 Å². The van der Waals surface area contributed by atoms with Crippen molar-refractivity contribution in [2.24, 2.45) is 0 Å². The molecule has 0 heterocycles. The molecule has 5 heteroatoms. The van der Waals surface area contributed by atoms with E-state index in [0.717, 1.165) is 38.5 Å². The Kier molecular flexibility index (Phi) is 22.4. The third kappa shape index (κ3) is 15.8. The molecule has 3 unspecified atom stereocenters. The van der Waals surface area contributed by atoms with Gasteiger partial charge in [-0.05, 0) is 143 Å². The Morgan fingerprint density at radius 1 is 0.253 bits per heavy atom. The van der Waals surface area contributed by atoms with E-state index in [9.17, 15) is 14.4 Å². The Labute approximate surface area is 520 Å². The van der Waals surface area contributed by atoms with Gasteiger partial charge in [0.2, 0.25) is 0 Å². The van der Waals surface area contributed by atoms with E-state index in [1.165, 1.54) is 100 Å². The van der Waals surface area contributed by atoms with Crippen molar-refractivity contribution < 1.29 is 55.2 Å². The molecule has 0 amide bonds. The van der Waals surface area contributed by atoms with Crippen molar-refractivity contribution in [3.05, 3.63) is 338 Å². The fraction of sp³-hybridized carbons (Fsp3) is 0.192.